The van der Waals surface area contributed by atoms with E-state index in [1.165, 1.54) is 51.4 Å². The Hall–Kier alpha value is 0. The maximum absolute atomic E-state index is 2.00. The Morgan fingerprint density at radius 3 is 0.545 bits per heavy atom. The minimum absolute atomic E-state index is 0. The molecule has 0 N–H and O–H groups in total. The lowest BCUT2D eigenvalue weighted by atomic mass is 10.0. The van der Waals surface area contributed by atoms with Gasteiger partial charge in [0.1, 0.15) is 0 Å². The molecule has 0 aromatic rings. The molecule has 0 aliphatic heterocycles. The van der Waals surface area contributed by atoms with Gasteiger partial charge >= 0.3 is 0 Å². The smallest absolute Gasteiger partial charge is 0.0533 e. The molecule has 2 aliphatic carbocycles. The van der Waals surface area contributed by atoms with Gasteiger partial charge in [-0.25, -0.2) is 0 Å². The summed E-state index contributed by atoms with van der Waals surface area (Å²) in [4.78, 5) is 0. The fourth-order valence-electron chi connectivity index (χ4n) is 0.500. The summed E-state index contributed by atoms with van der Waals surface area (Å²) >= 11 is 0. The predicted octanol–water partition coefficient (Wildman–Crippen LogP) is 4.78. The minimum Gasteiger partial charge on any atom is -0.0776 e. The van der Waals surface area contributed by atoms with Crippen LogP contribution in [0.1, 0.15) is 72.6 Å². The molecule has 0 heterocycles. The van der Waals surface area contributed by atoms with Gasteiger partial charge in [-0.05, 0) is 0 Å². The number of rotatable bonds is 0. The molecule has 70 valence electrons. The van der Waals surface area contributed by atoms with Crippen molar-refractivity contribution in [3.63, 3.8) is 0 Å². The van der Waals surface area contributed by atoms with Gasteiger partial charge in [0.2, 0.25) is 0 Å². The zero-order valence-corrected chi connectivity index (χ0v) is 7.66. The van der Waals surface area contributed by atoms with Crippen molar-refractivity contribution in [1.82, 2.24) is 0 Å². The maximum atomic E-state index is 2.00. The summed E-state index contributed by atoms with van der Waals surface area (Å²) in [6.07, 6.45) is 12.0. The molecule has 0 radical (unpaired) electrons. The summed E-state index contributed by atoms with van der Waals surface area (Å²) in [6.45, 7) is 4.00. The van der Waals surface area contributed by atoms with Crippen LogP contribution in [0.3, 0.4) is 0 Å². The number of hydrogen-bond donors (Lipinski definition) is 0. The van der Waals surface area contributed by atoms with E-state index in [9.17, 15) is 0 Å². The van der Waals surface area contributed by atoms with Crippen molar-refractivity contribution in [1.29, 1.82) is 0 Å². The van der Waals surface area contributed by atoms with Crippen molar-refractivity contribution in [3.8, 4) is 0 Å². The Labute approximate surface area is 73.4 Å². The summed E-state index contributed by atoms with van der Waals surface area (Å²) in [5, 5.41) is 0. The van der Waals surface area contributed by atoms with Crippen LogP contribution in [0.15, 0.2) is 0 Å². The lowest BCUT2D eigenvalue weighted by Crippen LogP contribution is -1.85. The van der Waals surface area contributed by atoms with Crippen LogP contribution in [-0.4, -0.2) is 0 Å². The molecular formula is C11H26. The van der Waals surface area contributed by atoms with Crippen LogP contribution in [0.2, 0.25) is 0 Å². The predicted molar refractivity (Wildman–Crippen MR) is 55.0 cm³/mol. The molecule has 0 spiro atoms. The first-order valence-corrected chi connectivity index (χ1v) is 5.00. The molecule has 2 rings (SSSR count). The van der Waals surface area contributed by atoms with Crippen LogP contribution in [0.4, 0.5) is 0 Å². The Morgan fingerprint density at radius 2 is 0.545 bits per heavy atom. The van der Waals surface area contributed by atoms with E-state index in [1.54, 1.807) is 0 Å². The van der Waals surface area contributed by atoms with Gasteiger partial charge in [0.25, 0.3) is 0 Å². The minimum atomic E-state index is 0. The molecule has 0 amide bonds. The fraction of sp³-hybridized carbons (Fsp3) is 1.00. The van der Waals surface area contributed by atoms with Gasteiger partial charge < -0.3 is 0 Å². The van der Waals surface area contributed by atoms with Gasteiger partial charge in [-0.3, -0.25) is 0 Å². The topological polar surface area (TPSA) is 0 Å². The first kappa shape index (κ1) is 13.6. The van der Waals surface area contributed by atoms with E-state index in [2.05, 4.69) is 0 Å². The zero-order chi connectivity index (χ0) is 7.66. The van der Waals surface area contributed by atoms with Crippen LogP contribution < -0.4 is 0 Å². The van der Waals surface area contributed by atoms with Gasteiger partial charge in [-0.15, -0.1) is 0 Å². The number of hydrogen-bond acceptors (Lipinski definition) is 0. The Balaban J connectivity index is 0. The highest BCUT2D eigenvalue weighted by Crippen LogP contribution is 2.15. The first-order valence-electron chi connectivity index (χ1n) is 5.00. The molecule has 0 saturated heterocycles. The highest BCUT2D eigenvalue weighted by Gasteiger charge is 1.95. The van der Waals surface area contributed by atoms with Crippen molar-refractivity contribution < 1.29 is 0 Å². The summed E-state index contributed by atoms with van der Waals surface area (Å²) < 4.78 is 0. The van der Waals surface area contributed by atoms with Gasteiger partial charge in [0.15, 0.2) is 0 Å². The van der Waals surface area contributed by atoms with Crippen LogP contribution in [0, 0.1) is 0 Å². The standard InChI is InChI=1S/2C4H8.C2H6.CH4/c2*1-2-4-3-1;1-2;/h2*1-4H2;1-2H3;1H4. The average molecular weight is 158 g/mol. The molecule has 11 heavy (non-hydrogen) atoms. The van der Waals surface area contributed by atoms with Crippen LogP contribution in [0.25, 0.3) is 0 Å². The van der Waals surface area contributed by atoms with Crippen molar-refractivity contribution in [3.05, 3.63) is 0 Å². The SMILES string of the molecule is C.C1CCC1.C1CCC1.CC. The second-order valence-corrected chi connectivity index (χ2v) is 2.83. The lowest BCUT2D eigenvalue weighted by Gasteiger charge is -2.05. The molecule has 0 aromatic heterocycles. The summed E-state index contributed by atoms with van der Waals surface area (Å²) in [5.41, 5.74) is 0. The Kier molecular flexibility index (Phi) is 15.6. The van der Waals surface area contributed by atoms with E-state index < -0.39 is 0 Å². The molecule has 0 bridgehead atoms. The van der Waals surface area contributed by atoms with Crippen LogP contribution in [-0.2, 0) is 0 Å². The second-order valence-electron chi connectivity index (χ2n) is 2.83. The maximum Gasteiger partial charge on any atom is -0.0533 e. The van der Waals surface area contributed by atoms with Gasteiger partial charge in [0.05, 0.1) is 0 Å². The Bertz CT molecular complexity index is 24.0. The highest BCUT2D eigenvalue weighted by molar-refractivity contribution is 4.51. The zero-order valence-electron chi connectivity index (χ0n) is 7.66. The molecule has 2 aliphatic rings. The summed E-state index contributed by atoms with van der Waals surface area (Å²) in [5.74, 6) is 0. The third-order valence-electron chi connectivity index (χ3n) is 2.00. The highest BCUT2D eigenvalue weighted by atomic mass is 14.0. The molecular weight excluding hydrogens is 132 g/mol. The van der Waals surface area contributed by atoms with Gasteiger partial charge in [-0.1, -0.05) is 72.6 Å². The molecule has 0 atom stereocenters. The molecule has 2 saturated carbocycles. The Morgan fingerprint density at radius 1 is 0.455 bits per heavy atom. The molecule has 0 nitrogen and oxygen atoms in total. The van der Waals surface area contributed by atoms with Crippen molar-refractivity contribution in [2.24, 2.45) is 0 Å². The molecule has 2 fully saturated rings. The second kappa shape index (κ2) is 12.7. The first-order chi connectivity index (χ1) is 5.00. The van der Waals surface area contributed by atoms with E-state index in [1.807, 2.05) is 13.8 Å². The molecule has 0 heteroatoms. The molecule has 0 unspecified atom stereocenters. The summed E-state index contributed by atoms with van der Waals surface area (Å²) in [6, 6.07) is 0. The van der Waals surface area contributed by atoms with Gasteiger partial charge in [0, 0.05) is 0 Å². The lowest BCUT2D eigenvalue weighted by molar-refractivity contribution is 0.504. The van der Waals surface area contributed by atoms with E-state index >= 15 is 0 Å². The fourth-order valence-corrected chi connectivity index (χ4v) is 0.500. The van der Waals surface area contributed by atoms with Crippen LogP contribution >= 0.6 is 0 Å². The average Bonchev–Trinajstić information content (AvgIpc) is 1.59. The largest absolute Gasteiger partial charge is 0.0776 e. The van der Waals surface area contributed by atoms with Crippen molar-refractivity contribution in [2.75, 3.05) is 0 Å². The van der Waals surface area contributed by atoms with Crippen molar-refractivity contribution >= 4 is 0 Å². The van der Waals surface area contributed by atoms with Crippen molar-refractivity contribution in [2.45, 2.75) is 72.6 Å². The third-order valence-corrected chi connectivity index (χ3v) is 2.00. The van der Waals surface area contributed by atoms with E-state index in [4.69, 9.17) is 0 Å². The van der Waals surface area contributed by atoms with E-state index in [0.717, 1.165) is 0 Å². The normalized spacial score (nSPS) is 18.0. The monoisotopic (exact) mass is 158 g/mol. The van der Waals surface area contributed by atoms with Gasteiger partial charge in [-0.2, -0.15) is 0 Å². The third kappa shape index (κ3) is 10.0. The van der Waals surface area contributed by atoms with Crippen LogP contribution in [0.5, 0.6) is 0 Å². The molecule has 0 aromatic carbocycles. The summed E-state index contributed by atoms with van der Waals surface area (Å²) in [7, 11) is 0. The van der Waals surface area contributed by atoms with E-state index in [0.29, 0.717) is 0 Å². The van der Waals surface area contributed by atoms with E-state index in [-0.39, 0.29) is 7.43 Å². The quantitative estimate of drug-likeness (QED) is 0.476.